The summed E-state index contributed by atoms with van der Waals surface area (Å²) in [6.45, 7) is 1.93. The molecule has 1 aliphatic carbocycles. The number of likely N-dealkylation sites (tertiary alicyclic amines) is 1. The number of carbonyl (C=O) groups is 2. The highest BCUT2D eigenvalue weighted by Crippen LogP contribution is 2.26. The minimum Gasteiger partial charge on any atom is -0.352 e. The zero-order valence-electron chi connectivity index (χ0n) is 12.8. The number of fused-ring (bicyclic) bond motifs is 1. The van der Waals surface area contributed by atoms with E-state index in [9.17, 15) is 9.59 Å². The lowest BCUT2D eigenvalue weighted by Crippen LogP contribution is -2.43. The number of rotatable bonds is 3. The number of nitrogens with one attached hydrogen (secondary N) is 2. The molecular formula is C16H27N3O2. The maximum atomic E-state index is 12.3. The largest absolute Gasteiger partial charge is 0.352 e. The highest BCUT2D eigenvalue weighted by atomic mass is 16.2. The summed E-state index contributed by atoms with van der Waals surface area (Å²) in [7, 11) is 0. The van der Waals surface area contributed by atoms with Crippen LogP contribution in [0.15, 0.2) is 0 Å². The first-order valence-electron chi connectivity index (χ1n) is 8.55. The van der Waals surface area contributed by atoms with E-state index in [1.807, 2.05) is 0 Å². The van der Waals surface area contributed by atoms with Gasteiger partial charge >= 0.3 is 0 Å². The van der Waals surface area contributed by atoms with Gasteiger partial charge in [-0.1, -0.05) is 25.7 Å². The van der Waals surface area contributed by atoms with Crippen LogP contribution in [-0.4, -0.2) is 48.4 Å². The van der Waals surface area contributed by atoms with Gasteiger partial charge in [-0.15, -0.1) is 0 Å². The van der Waals surface area contributed by atoms with Crippen LogP contribution in [0.2, 0.25) is 0 Å². The SMILES string of the molecule is O=C(CN1CC2NCCCC2C1=O)NC1CCCCCC1. The van der Waals surface area contributed by atoms with Crippen molar-refractivity contribution in [3.63, 3.8) is 0 Å². The summed E-state index contributed by atoms with van der Waals surface area (Å²) in [5, 5.41) is 6.54. The Bertz CT molecular complexity index is 391. The third kappa shape index (κ3) is 3.57. The van der Waals surface area contributed by atoms with Crippen LogP contribution in [0, 0.1) is 5.92 Å². The molecule has 3 aliphatic rings. The standard InChI is InChI=1S/C16H27N3O2/c20-15(18-12-6-3-1-2-4-7-12)11-19-10-14-13(16(19)21)8-5-9-17-14/h12-14,17H,1-11H2,(H,18,20). The van der Waals surface area contributed by atoms with Gasteiger partial charge in [0, 0.05) is 18.6 Å². The van der Waals surface area contributed by atoms with Crippen LogP contribution in [0.25, 0.3) is 0 Å². The Hall–Kier alpha value is -1.10. The predicted molar refractivity (Wildman–Crippen MR) is 80.7 cm³/mol. The average molecular weight is 293 g/mol. The molecule has 2 atom stereocenters. The van der Waals surface area contributed by atoms with Gasteiger partial charge < -0.3 is 15.5 Å². The predicted octanol–water partition coefficient (Wildman–Crippen LogP) is 1.04. The number of nitrogens with zero attached hydrogens (tertiary/aromatic N) is 1. The molecule has 0 aromatic heterocycles. The summed E-state index contributed by atoms with van der Waals surface area (Å²) < 4.78 is 0. The summed E-state index contributed by atoms with van der Waals surface area (Å²) in [4.78, 5) is 26.3. The quantitative estimate of drug-likeness (QED) is 0.764. The van der Waals surface area contributed by atoms with E-state index in [1.54, 1.807) is 4.90 Å². The van der Waals surface area contributed by atoms with E-state index in [1.165, 1.54) is 25.7 Å². The Morgan fingerprint density at radius 3 is 2.62 bits per heavy atom. The minimum absolute atomic E-state index is 0.0221. The van der Waals surface area contributed by atoms with Crippen molar-refractivity contribution in [2.75, 3.05) is 19.6 Å². The van der Waals surface area contributed by atoms with Crippen LogP contribution < -0.4 is 10.6 Å². The lowest BCUT2D eigenvalue weighted by atomic mass is 9.94. The molecule has 2 unspecified atom stereocenters. The Morgan fingerprint density at radius 2 is 1.90 bits per heavy atom. The molecule has 3 fully saturated rings. The molecule has 1 saturated carbocycles. The van der Waals surface area contributed by atoms with Gasteiger partial charge in [0.1, 0.15) is 0 Å². The van der Waals surface area contributed by atoms with Gasteiger partial charge in [-0.05, 0) is 32.2 Å². The summed E-state index contributed by atoms with van der Waals surface area (Å²) in [5.41, 5.74) is 0. The van der Waals surface area contributed by atoms with Crippen molar-refractivity contribution < 1.29 is 9.59 Å². The van der Waals surface area contributed by atoms with Crippen LogP contribution in [-0.2, 0) is 9.59 Å². The second-order valence-electron chi connectivity index (χ2n) is 6.78. The molecule has 2 heterocycles. The maximum Gasteiger partial charge on any atom is 0.239 e. The highest BCUT2D eigenvalue weighted by Gasteiger charge is 2.41. The second kappa shape index (κ2) is 6.77. The third-order valence-electron chi connectivity index (χ3n) is 5.18. The zero-order valence-corrected chi connectivity index (χ0v) is 12.8. The number of hydrogen-bond donors (Lipinski definition) is 2. The minimum atomic E-state index is 0.0221. The number of piperidine rings is 1. The molecule has 0 spiro atoms. The van der Waals surface area contributed by atoms with Crippen molar-refractivity contribution in [1.29, 1.82) is 0 Å². The van der Waals surface area contributed by atoms with E-state index in [0.717, 1.165) is 32.2 Å². The normalized spacial score (nSPS) is 30.9. The van der Waals surface area contributed by atoms with E-state index >= 15 is 0 Å². The number of hydrogen-bond acceptors (Lipinski definition) is 3. The Kier molecular flexibility index (Phi) is 4.78. The van der Waals surface area contributed by atoms with Gasteiger partial charge in [-0.2, -0.15) is 0 Å². The molecule has 3 rings (SSSR count). The first kappa shape index (κ1) is 14.8. The summed E-state index contributed by atoms with van der Waals surface area (Å²) in [6, 6.07) is 0.579. The van der Waals surface area contributed by atoms with Gasteiger partial charge in [-0.25, -0.2) is 0 Å². The fourth-order valence-electron chi connectivity index (χ4n) is 4.01. The third-order valence-corrected chi connectivity index (χ3v) is 5.18. The van der Waals surface area contributed by atoms with E-state index in [2.05, 4.69) is 10.6 Å². The number of amides is 2. The first-order chi connectivity index (χ1) is 10.2. The summed E-state index contributed by atoms with van der Waals surface area (Å²) in [5.74, 6) is 0.293. The van der Waals surface area contributed by atoms with E-state index < -0.39 is 0 Å². The van der Waals surface area contributed by atoms with Crippen molar-refractivity contribution in [2.24, 2.45) is 5.92 Å². The molecule has 0 bridgehead atoms. The molecule has 5 heteroatoms. The fourth-order valence-corrected chi connectivity index (χ4v) is 4.01. The van der Waals surface area contributed by atoms with Gasteiger partial charge in [0.15, 0.2) is 0 Å². The summed E-state index contributed by atoms with van der Waals surface area (Å²) in [6.07, 6.45) is 9.20. The molecule has 2 saturated heterocycles. The Labute approximate surface area is 126 Å². The smallest absolute Gasteiger partial charge is 0.239 e. The van der Waals surface area contributed by atoms with Gasteiger partial charge in [0.2, 0.25) is 11.8 Å². The topological polar surface area (TPSA) is 61.4 Å². The van der Waals surface area contributed by atoms with Crippen LogP contribution in [0.4, 0.5) is 0 Å². The molecular weight excluding hydrogens is 266 g/mol. The monoisotopic (exact) mass is 293 g/mol. The average Bonchev–Trinajstić information content (AvgIpc) is 2.67. The van der Waals surface area contributed by atoms with Crippen LogP contribution in [0.1, 0.15) is 51.4 Å². The molecule has 0 radical (unpaired) electrons. The van der Waals surface area contributed by atoms with Crippen molar-refractivity contribution >= 4 is 11.8 Å². The Balaban J connectivity index is 1.49. The van der Waals surface area contributed by atoms with Crippen LogP contribution >= 0.6 is 0 Å². The molecule has 2 amide bonds. The lowest BCUT2D eigenvalue weighted by molar-refractivity contribution is -0.135. The maximum absolute atomic E-state index is 12.3. The van der Waals surface area contributed by atoms with E-state index in [-0.39, 0.29) is 30.3 Å². The van der Waals surface area contributed by atoms with Gasteiger partial charge in [0.05, 0.1) is 12.5 Å². The van der Waals surface area contributed by atoms with Crippen LogP contribution in [0.3, 0.4) is 0 Å². The first-order valence-corrected chi connectivity index (χ1v) is 8.55. The van der Waals surface area contributed by atoms with Gasteiger partial charge in [0.25, 0.3) is 0 Å². The molecule has 2 aliphatic heterocycles. The molecule has 21 heavy (non-hydrogen) atoms. The molecule has 0 aromatic rings. The van der Waals surface area contributed by atoms with E-state index in [4.69, 9.17) is 0 Å². The van der Waals surface area contributed by atoms with Crippen molar-refractivity contribution in [3.8, 4) is 0 Å². The van der Waals surface area contributed by atoms with E-state index in [0.29, 0.717) is 12.6 Å². The second-order valence-corrected chi connectivity index (χ2v) is 6.78. The zero-order chi connectivity index (χ0) is 14.7. The molecule has 0 aromatic carbocycles. The Morgan fingerprint density at radius 1 is 1.14 bits per heavy atom. The van der Waals surface area contributed by atoms with Crippen LogP contribution in [0.5, 0.6) is 0 Å². The lowest BCUT2D eigenvalue weighted by Gasteiger charge is -2.23. The number of carbonyl (C=O) groups excluding carboxylic acids is 2. The summed E-state index contributed by atoms with van der Waals surface area (Å²) >= 11 is 0. The molecule has 2 N–H and O–H groups in total. The highest BCUT2D eigenvalue weighted by molar-refractivity contribution is 5.88. The molecule has 118 valence electrons. The van der Waals surface area contributed by atoms with Crippen molar-refractivity contribution in [1.82, 2.24) is 15.5 Å². The fraction of sp³-hybridized carbons (Fsp3) is 0.875. The van der Waals surface area contributed by atoms with Crippen molar-refractivity contribution in [3.05, 3.63) is 0 Å². The van der Waals surface area contributed by atoms with Crippen molar-refractivity contribution in [2.45, 2.75) is 63.5 Å². The van der Waals surface area contributed by atoms with Gasteiger partial charge in [-0.3, -0.25) is 9.59 Å². The molecule has 5 nitrogen and oxygen atoms in total.